The van der Waals surface area contributed by atoms with E-state index in [9.17, 15) is 13.2 Å². The van der Waals surface area contributed by atoms with E-state index in [2.05, 4.69) is 25.1 Å². The van der Waals surface area contributed by atoms with Crippen LogP contribution in [0, 0.1) is 6.92 Å². The smallest absolute Gasteiger partial charge is 0.406 e. The molecule has 3 aromatic heterocycles. The number of benzene rings is 2. The lowest BCUT2D eigenvalue weighted by Gasteiger charge is -2.15. The van der Waals surface area contributed by atoms with Crippen LogP contribution in [0.5, 0.6) is 5.75 Å². The summed E-state index contributed by atoms with van der Waals surface area (Å²) in [6.45, 7) is 1.09. The van der Waals surface area contributed by atoms with Crippen LogP contribution in [0.2, 0.25) is 0 Å². The molecule has 190 valence electrons. The monoisotopic (exact) mass is 516 g/mol. The van der Waals surface area contributed by atoms with Crippen LogP contribution in [0.1, 0.15) is 17.2 Å². The lowest BCUT2D eigenvalue weighted by Crippen LogP contribution is -2.22. The standard InChI is InChI=1S/C24H17F5N6O2/c1-15-20(33-35(32-15)18-5-3-2-4-6-18)14-36-23(25,26)22-31-30-21-12-9-17(13-34(21)22)16-7-10-19(11-8-16)37-24(27,28)29/h2-13H,14H2,1H3. The predicted octanol–water partition coefficient (Wildman–Crippen LogP) is 5.45. The van der Waals surface area contributed by atoms with E-state index in [0.29, 0.717) is 22.5 Å². The van der Waals surface area contributed by atoms with Crippen molar-refractivity contribution < 1.29 is 31.4 Å². The molecule has 0 saturated heterocycles. The molecule has 13 heteroatoms. The molecular formula is C24H17F5N6O2. The van der Waals surface area contributed by atoms with Crippen LogP contribution in [-0.4, -0.2) is 36.0 Å². The van der Waals surface area contributed by atoms with Gasteiger partial charge in [-0.15, -0.1) is 23.4 Å². The van der Waals surface area contributed by atoms with E-state index in [0.717, 1.165) is 16.5 Å². The zero-order valence-electron chi connectivity index (χ0n) is 19.0. The molecule has 3 heterocycles. The Morgan fingerprint density at radius 3 is 2.22 bits per heavy atom. The maximum atomic E-state index is 15.1. The highest BCUT2D eigenvalue weighted by atomic mass is 19.4. The number of para-hydroxylation sites is 1. The van der Waals surface area contributed by atoms with Gasteiger partial charge in [0.25, 0.3) is 0 Å². The number of rotatable bonds is 7. The maximum absolute atomic E-state index is 15.1. The first-order valence-corrected chi connectivity index (χ1v) is 10.8. The van der Waals surface area contributed by atoms with Crippen LogP contribution < -0.4 is 4.74 Å². The van der Waals surface area contributed by atoms with Crippen molar-refractivity contribution in [1.29, 1.82) is 0 Å². The van der Waals surface area contributed by atoms with Crippen LogP contribution in [0.4, 0.5) is 22.0 Å². The minimum absolute atomic E-state index is 0.130. The van der Waals surface area contributed by atoms with E-state index in [4.69, 9.17) is 4.74 Å². The van der Waals surface area contributed by atoms with E-state index in [1.807, 2.05) is 6.07 Å². The summed E-state index contributed by atoms with van der Waals surface area (Å²) in [6, 6.07) is 17.0. The molecule has 0 atom stereocenters. The lowest BCUT2D eigenvalue weighted by atomic mass is 10.1. The van der Waals surface area contributed by atoms with E-state index >= 15 is 8.78 Å². The first-order chi connectivity index (χ1) is 17.6. The SMILES string of the molecule is Cc1nn(-c2ccccc2)nc1COC(F)(F)c1nnc2ccc(-c3ccc(OC(F)(F)F)cc3)cn12. The number of pyridine rings is 1. The van der Waals surface area contributed by atoms with Crippen LogP contribution in [-0.2, 0) is 17.5 Å². The third-order valence-electron chi connectivity index (χ3n) is 5.34. The quantitative estimate of drug-likeness (QED) is 0.268. The summed E-state index contributed by atoms with van der Waals surface area (Å²) in [6.07, 6.45) is -7.32. The summed E-state index contributed by atoms with van der Waals surface area (Å²) >= 11 is 0. The molecular weight excluding hydrogens is 499 g/mol. The van der Waals surface area contributed by atoms with E-state index in [1.165, 1.54) is 29.2 Å². The van der Waals surface area contributed by atoms with Crippen molar-refractivity contribution in [2.24, 2.45) is 0 Å². The molecule has 5 aromatic rings. The molecule has 8 nitrogen and oxygen atoms in total. The Morgan fingerprint density at radius 1 is 0.811 bits per heavy atom. The van der Waals surface area contributed by atoms with Crippen LogP contribution >= 0.6 is 0 Å². The van der Waals surface area contributed by atoms with Crippen LogP contribution in [0.15, 0.2) is 72.9 Å². The van der Waals surface area contributed by atoms with Crippen molar-refractivity contribution in [3.8, 4) is 22.6 Å². The zero-order valence-corrected chi connectivity index (χ0v) is 19.0. The Kier molecular flexibility index (Phi) is 6.07. The molecule has 0 saturated carbocycles. The number of nitrogens with zero attached hydrogens (tertiary/aromatic N) is 6. The van der Waals surface area contributed by atoms with Crippen molar-refractivity contribution >= 4 is 5.65 Å². The number of alkyl halides is 5. The molecule has 2 aromatic carbocycles. The van der Waals surface area contributed by atoms with Crippen molar-refractivity contribution in [3.63, 3.8) is 0 Å². The second kappa shape index (κ2) is 9.24. The highest BCUT2D eigenvalue weighted by Crippen LogP contribution is 2.32. The minimum Gasteiger partial charge on any atom is -0.406 e. The van der Waals surface area contributed by atoms with Crippen molar-refractivity contribution in [2.45, 2.75) is 26.0 Å². The molecule has 0 aliphatic carbocycles. The topological polar surface area (TPSA) is 79.4 Å². The third-order valence-corrected chi connectivity index (χ3v) is 5.34. The molecule has 37 heavy (non-hydrogen) atoms. The highest BCUT2D eigenvalue weighted by Gasteiger charge is 2.39. The number of ether oxygens (including phenoxy) is 2. The fourth-order valence-electron chi connectivity index (χ4n) is 3.55. The molecule has 5 rings (SSSR count). The van der Waals surface area contributed by atoms with Crippen molar-refractivity contribution in [1.82, 2.24) is 29.6 Å². The summed E-state index contributed by atoms with van der Waals surface area (Å²) < 4.78 is 77.2. The first-order valence-electron chi connectivity index (χ1n) is 10.8. The van der Waals surface area contributed by atoms with Gasteiger partial charge < -0.3 is 9.47 Å². The Hall–Kier alpha value is -4.39. The number of hydrogen-bond donors (Lipinski definition) is 0. The molecule has 0 aliphatic rings. The Bertz CT molecular complexity index is 1530. The molecule has 0 radical (unpaired) electrons. The van der Waals surface area contributed by atoms with Crippen LogP contribution in [0.25, 0.3) is 22.5 Å². The van der Waals surface area contributed by atoms with Crippen LogP contribution in [0.3, 0.4) is 0 Å². The van der Waals surface area contributed by atoms with Gasteiger partial charge in [0.1, 0.15) is 11.4 Å². The van der Waals surface area contributed by atoms with E-state index in [1.54, 1.807) is 37.3 Å². The number of halogens is 5. The summed E-state index contributed by atoms with van der Waals surface area (Å²) in [4.78, 5) is 1.33. The van der Waals surface area contributed by atoms with Gasteiger partial charge in [0.15, 0.2) is 5.65 Å². The zero-order chi connectivity index (χ0) is 26.2. The molecule has 0 amide bonds. The Labute approximate surface area is 205 Å². The number of fused-ring (bicyclic) bond motifs is 1. The lowest BCUT2D eigenvalue weighted by molar-refractivity contribution is -0.274. The fourth-order valence-corrected chi connectivity index (χ4v) is 3.55. The molecule has 0 N–H and O–H groups in total. The van der Waals surface area contributed by atoms with Gasteiger partial charge in [0, 0.05) is 6.20 Å². The average Bonchev–Trinajstić information content (AvgIpc) is 3.46. The predicted molar refractivity (Wildman–Crippen MR) is 120 cm³/mol. The van der Waals surface area contributed by atoms with Gasteiger partial charge in [-0.3, -0.25) is 4.40 Å². The van der Waals surface area contributed by atoms with Gasteiger partial charge in [-0.1, -0.05) is 30.3 Å². The molecule has 0 aliphatic heterocycles. The number of aromatic nitrogens is 6. The summed E-state index contributed by atoms with van der Waals surface area (Å²) in [5.41, 5.74) is 2.34. The van der Waals surface area contributed by atoms with Crippen molar-refractivity contribution in [2.75, 3.05) is 0 Å². The molecule has 0 spiro atoms. The Balaban J connectivity index is 1.37. The molecule has 0 unspecified atom stereocenters. The summed E-state index contributed by atoms with van der Waals surface area (Å²) in [5.74, 6) is -1.17. The molecule has 0 bridgehead atoms. The van der Waals surface area contributed by atoms with E-state index in [-0.39, 0.29) is 11.3 Å². The molecule has 0 fully saturated rings. The summed E-state index contributed by atoms with van der Waals surface area (Å²) in [7, 11) is 0. The van der Waals surface area contributed by atoms with Gasteiger partial charge >= 0.3 is 12.5 Å². The van der Waals surface area contributed by atoms with Gasteiger partial charge in [0.05, 0.1) is 18.0 Å². The third kappa shape index (κ3) is 5.26. The first kappa shape index (κ1) is 24.3. The number of hydrogen-bond acceptors (Lipinski definition) is 6. The fraction of sp³-hybridized carbons (Fsp3) is 0.167. The number of aryl methyl sites for hydroxylation is 1. The minimum atomic E-state index is -4.82. The van der Waals surface area contributed by atoms with Gasteiger partial charge in [-0.25, -0.2) is 0 Å². The highest BCUT2D eigenvalue weighted by molar-refractivity contribution is 5.65. The largest absolute Gasteiger partial charge is 0.573 e. The maximum Gasteiger partial charge on any atom is 0.573 e. The van der Waals surface area contributed by atoms with E-state index < -0.39 is 30.7 Å². The average molecular weight is 516 g/mol. The normalized spacial score (nSPS) is 12.3. The summed E-state index contributed by atoms with van der Waals surface area (Å²) in [5, 5.41) is 15.8. The van der Waals surface area contributed by atoms with Gasteiger partial charge in [-0.2, -0.15) is 23.8 Å². The Morgan fingerprint density at radius 2 is 1.51 bits per heavy atom. The van der Waals surface area contributed by atoms with Gasteiger partial charge in [0.2, 0.25) is 5.82 Å². The van der Waals surface area contributed by atoms with Crippen molar-refractivity contribution in [3.05, 3.63) is 90.1 Å². The van der Waals surface area contributed by atoms with Gasteiger partial charge in [-0.05, 0) is 54.4 Å². The second-order valence-corrected chi connectivity index (χ2v) is 7.90. The second-order valence-electron chi connectivity index (χ2n) is 7.90.